The van der Waals surface area contributed by atoms with Crippen molar-refractivity contribution in [3.8, 4) is 0 Å². The standard InChI is InChI=1S/C13H15N3OS/c1-8-4-5-10(11(6-8)14-3)12(17)16-13-15-7-9(2)18-13/h4-7,14H,1-3H3,(H,15,16,17). The number of benzene rings is 1. The smallest absolute Gasteiger partial charge is 0.259 e. The van der Waals surface area contributed by atoms with Gasteiger partial charge in [-0.2, -0.15) is 0 Å². The van der Waals surface area contributed by atoms with Crippen LogP contribution in [-0.4, -0.2) is 17.9 Å². The Bertz CT molecular complexity index is 577. The number of nitrogens with zero attached hydrogens (tertiary/aromatic N) is 1. The number of carbonyl (C=O) groups is 1. The SMILES string of the molecule is CNc1cc(C)ccc1C(=O)Nc1ncc(C)s1. The lowest BCUT2D eigenvalue weighted by Crippen LogP contribution is -2.13. The predicted octanol–water partition coefficient (Wildman–Crippen LogP) is 3.05. The molecule has 2 aromatic rings. The molecule has 0 spiro atoms. The predicted molar refractivity (Wildman–Crippen MR) is 75.5 cm³/mol. The van der Waals surface area contributed by atoms with Crippen molar-refractivity contribution in [3.63, 3.8) is 0 Å². The molecule has 18 heavy (non-hydrogen) atoms. The number of carbonyl (C=O) groups excluding carboxylic acids is 1. The van der Waals surface area contributed by atoms with E-state index >= 15 is 0 Å². The Morgan fingerprint density at radius 3 is 2.72 bits per heavy atom. The number of hydrogen-bond acceptors (Lipinski definition) is 4. The molecule has 0 aliphatic rings. The molecule has 0 aliphatic heterocycles. The highest BCUT2D eigenvalue weighted by Crippen LogP contribution is 2.21. The molecule has 0 aliphatic carbocycles. The number of rotatable bonds is 3. The fourth-order valence-electron chi connectivity index (χ4n) is 1.64. The van der Waals surface area contributed by atoms with E-state index in [2.05, 4.69) is 15.6 Å². The van der Waals surface area contributed by atoms with Crippen LogP contribution in [0.5, 0.6) is 0 Å². The Kier molecular flexibility index (Phi) is 3.62. The fourth-order valence-corrected chi connectivity index (χ4v) is 2.30. The third kappa shape index (κ3) is 2.68. The molecule has 1 heterocycles. The Labute approximate surface area is 110 Å². The maximum Gasteiger partial charge on any atom is 0.259 e. The molecule has 94 valence electrons. The minimum absolute atomic E-state index is 0.145. The maximum absolute atomic E-state index is 12.1. The molecule has 1 amide bonds. The summed E-state index contributed by atoms with van der Waals surface area (Å²) in [5.74, 6) is -0.145. The van der Waals surface area contributed by atoms with E-state index in [1.807, 2.05) is 32.0 Å². The molecule has 0 atom stereocenters. The second kappa shape index (κ2) is 5.18. The quantitative estimate of drug-likeness (QED) is 0.892. The molecule has 0 unspecified atom stereocenters. The van der Waals surface area contributed by atoms with Crippen molar-refractivity contribution in [3.05, 3.63) is 40.4 Å². The van der Waals surface area contributed by atoms with Crippen molar-refractivity contribution < 1.29 is 4.79 Å². The van der Waals surface area contributed by atoms with E-state index in [1.54, 1.807) is 13.2 Å². The lowest BCUT2D eigenvalue weighted by atomic mass is 10.1. The van der Waals surface area contributed by atoms with Crippen molar-refractivity contribution in [1.29, 1.82) is 0 Å². The summed E-state index contributed by atoms with van der Waals surface area (Å²) in [4.78, 5) is 17.3. The molecule has 0 bridgehead atoms. The molecule has 0 fully saturated rings. The van der Waals surface area contributed by atoms with Crippen LogP contribution in [0, 0.1) is 13.8 Å². The number of amides is 1. The van der Waals surface area contributed by atoms with Gasteiger partial charge in [0.05, 0.1) is 5.56 Å². The number of aromatic nitrogens is 1. The van der Waals surface area contributed by atoms with Gasteiger partial charge in [-0.1, -0.05) is 6.07 Å². The fraction of sp³-hybridized carbons (Fsp3) is 0.231. The Morgan fingerprint density at radius 2 is 2.11 bits per heavy atom. The Morgan fingerprint density at radius 1 is 1.33 bits per heavy atom. The first-order valence-corrected chi connectivity index (χ1v) is 6.44. The summed E-state index contributed by atoms with van der Waals surface area (Å²) < 4.78 is 0. The summed E-state index contributed by atoms with van der Waals surface area (Å²) in [6.45, 7) is 3.95. The van der Waals surface area contributed by atoms with Gasteiger partial charge in [-0.05, 0) is 31.5 Å². The van der Waals surface area contributed by atoms with Crippen LogP contribution in [0.15, 0.2) is 24.4 Å². The van der Waals surface area contributed by atoms with Crippen molar-refractivity contribution in [2.75, 3.05) is 17.7 Å². The van der Waals surface area contributed by atoms with Crippen molar-refractivity contribution in [2.45, 2.75) is 13.8 Å². The van der Waals surface area contributed by atoms with Crippen LogP contribution in [0.3, 0.4) is 0 Å². The van der Waals surface area contributed by atoms with Crippen LogP contribution in [0.2, 0.25) is 0 Å². The molecule has 0 saturated carbocycles. The summed E-state index contributed by atoms with van der Waals surface area (Å²) in [7, 11) is 1.80. The molecule has 5 heteroatoms. The average molecular weight is 261 g/mol. The molecule has 4 nitrogen and oxygen atoms in total. The summed E-state index contributed by atoms with van der Waals surface area (Å²) >= 11 is 1.46. The summed E-state index contributed by atoms with van der Waals surface area (Å²) in [5, 5.41) is 6.46. The first-order valence-electron chi connectivity index (χ1n) is 5.62. The number of aryl methyl sites for hydroxylation is 2. The molecule has 1 aromatic carbocycles. The molecule has 2 N–H and O–H groups in total. The lowest BCUT2D eigenvalue weighted by molar-refractivity contribution is 0.102. The topological polar surface area (TPSA) is 54.0 Å². The summed E-state index contributed by atoms with van der Waals surface area (Å²) in [6.07, 6.45) is 1.74. The summed E-state index contributed by atoms with van der Waals surface area (Å²) in [6, 6.07) is 5.68. The van der Waals surface area contributed by atoms with Crippen LogP contribution in [0.1, 0.15) is 20.8 Å². The second-order valence-corrected chi connectivity index (χ2v) is 5.26. The van der Waals surface area contributed by atoms with Gasteiger partial charge in [0.2, 0.25) is 0 Å². The van der Waals surface area contributed by atoms with E-state index in [0.717, 1.165) is 16.1 Å². The number of hydrogen-bond donors (Lipinski definition) is 2. The van der Waals surface area contributed by atoms with Gasteiger partial charge < -0.3 is 5.32 Å². The normalized spacial score (nSPS) is 10.2. The van der Waals surface area contributed by atoms with Gasteiger partial charge in [0.15, 0.2) is 5.13 Å². The number of nitrogens with one attached hydrogen (secondary N) is 2. The largest absolute Gasteiger partial charge is 0.387 e. The maximum atomic E-state index is 12.1. The van der Waals surface area contributed by atoms with Gasteiger partial charge in [0.1, 0.15) is 0 Å². The van der Waals surface area contributed by atoms with Crippen LogP contribution < -0.4 is 10.6 Å². The van der Waals surface area contributed by atoms with E-state index < -0.39 is 0 Å². The van der Waals surface area contributed by atoms with E-state index in [-0.39, 0.29) is 5.91 Å². The van der Waals surface area contributed by atoms with Gasteiger partial charge in [-0.25, -0.2) is 4.98 Å². The van der Waals surface area contributed by atoms with Gasteiger partial charge in [-0.15, -0.1) is 11.3 Å². The highest BCUT2D eigenvalue weighted by atomic mass is 32.1. The van der Waals surface area contributed by atoms with E-state index in [1.165, 1.54) is 11.3 Å². The molecule has 0 saturated heterocycles. The second-order valence-electron chi connectivity index (χ2n) is 4.03. The zero-order chi connectivity index (χ0) is 13.1. The third-order valence-electron chi connectivity index (χ3n) is 2.53. The van der Waals surface area contributed by atoms with Gasteiger partial charge in [0, 0.05) is 23.8 Å². The van der Waals surface area contributed by atoms with E-state index in [4.69, 9.17) is 0 Å². The van der Waals surface area contributed by atoms with Crippen LogP contribution in [-0.2, 0) is 0 Å². The van der Waals surface area contributed by atoms with Crippen molar-refractivity contribution >= 4 is 28.1 Å². The molecular weight excluding hydrogens is 246 g/mol. The zero-order valence-electron chi connectivity index (χ0n) is 10.6. The number of anilines is 2. The first kappa shape index (κ1) is 12.6. The molecule has 0 radical (unpaired) electrons. The van der Waals surface area contributed by atoms with Crippen molar-refractivity contribution in [1.82, 2.24) is 4.98 Å². The van der Waals surface area contributed by atoms with E-state index in [0.29, 0.717) is 10.7 Å². The highest BCUT2D eigenvalue weighted by Gasteiger charge is 2.12. The van der Waals surface area contributed by atoms with Crippen LogP contribution >= 0.6 is 11.3 Å². The van der Waals surface area contributed by atoms with Gasteiger partial charge in [0.25, 0.3) is 5.91 Å². The monoisotopic (exact) mass is 261 g/mol. The Balaban J connectivity index is 2.23. The average Bonchev–Trinajstić information content (AvgIpc) is 2.74. The van der Waals surface area contributed by atoms with Gasteiger partial charge in [-0.3, -0.25) is 10.1 Å². The first-order chi connectivity index (χ1) is 8.60. The zero-order valence-corrected chi connectivity index (χ0v) is 11.4. The lowest BCUT2D eigenvalue weighted by Gasteiger charge is -2.09. The van der Waals surface area contributed by atoms with Crippen LogP contribution in [0.4, 0.5) is 10.8 Å². The summed E-state index contributed by atoms with van der Waals surface area (Å²) in [5.41, 5.74) is 2.55. The van der Waals surface area contributed by atoms with Crippen molar-refractivity contribution in [2.24, 2.45) is 0 Å². The van der Waals surface area contributed by atoms with E-state index in [9.17, 15) is 4.79 Å². The minimum atomic E-state index is -0.145. The Hall–Kier alpha value is -1.88. The molecule has 2 rings (SSSR count). The highest BCUT2D eigenvalue weighted by molar-refractivity contribution is 7.15. The molecular formula is C13H15N3OS. The van der Waals surface area contributed by atoms with Crippen LogP contribution in [0.25, 0.3) is 0 Å². The number of thiazole rings is 1. The third-order valence-corrected chi connectivity index (χ3v) is 3.36. The minimum Gasteiger partial charge on any atom is -0.387 e. The molecule has 1 aromatic heterocycles. The van der Waals surface area contributed by atoms with Gasteiger partial charge >= 0.3 is 0 Å².